The number of aliphatic hydroxyl groups is 1. The standard InChI is InChI=1S/C19H23N3O2/c1-15-8-9-18(24-15)19(2,23)14-20-10-17-11-21-22(13-17)12-16-6-4-3-5-7-16/h3-9,11,13,20,23H,10,12,14H2,1-2H3. The third kappa shape index (κ3) is 4.13. The third-order valence-corrected chi connectivity index (χ3v) is 3.94. The summed E-state index contributed by atoms with van der Waals surface area (Å²) in [5.41, 5.74) is 1.27. The van der Waals surface area contributed by atoms with E-state index in [2.05, 4.69) is 22.5 Å². The maximum atomic E-state index is 10.5. The smallest absolute Gasteiger partial charge is 0.136 e. The van der Waals surface area contributed by atoms with Crippen LogP contribution in [0, 0.1) is 6.92 Å². The molecular weight excluding hydrogens is 302 g/mol. The molecule has 1 unspecified atom stereocenters. The Kier molecular flexibility index (Phi) is 4.83. The fourth-order valence-corrected chi connectivity index (χ4v) is 2.62. The molecule has 2 heterocycles. The van der Waals surface area contributed by atoms with Gasteiger partial charge in [-0.3, -0.25) is 4.68 Å². The van der Waals surface area contributed by atoms with Crippen molar-refractivity contribution in [1.82, 2.24) is 15.1 Å². The first kappa shape index (κ1) is 16.5. The maximum absolute atomic E-state index is 10.5. The largest absolute Gasteiger partial charge is 0.463 e. The highest BCUT2D eigenvalue weighted by atomic mass is 16.4. The minimum Gasteiger partial charge on any atom is -0.463 e. The van der Waals surface area contributed by atoms with Crippen LogP contribution < -0.4 is 5.32 Å². The summed E-state index contributed by atoms with van der Waals surface area (Å²) < 4.78 is 7.43. The van der Waals surface area contributed by atoms with Crippen molar-refractivity contribution in [3.05, 3.63) is 77.5 Å². The van der Waals surface area contributed by atoms with Gasteiger partial charge in [-0.05, 0) is 31.5 Å². The molecule has 0 aliphatic rings. The molecule has 0 aliphatic heterocycles. The molecule has 3 aromatic rings. The highest BCUT2D eigenvalue weighted by Crippen LogP contribution is 2.22. The molecule has 0 fully saturated rings. The van der Waals surface area contributed by atoms with Gasteiger partial charge in [0, 0.05) is 24.8 Å². The van der Waals surface area contributed by atoms with Crippen LogP contribution in [0.5, 0.6) is 0 Å². The molecular formula is C19H23N3O2. The van der Waals surface area contributed by atoms with Crippen molar-refractivity contribution in [3.8, 4) is 0 Å². The predicted molar refractivity (Wildman–Crippen MR) is 92.5 cm³/mol. The van der Waals surface area contributed by atoms with E-state index in [-0.39, 0.29) is 0 Å². The lowest BCUT2D eigenvalue weighted by Crippen LogP contribution is -2.34. The number of aryl methyl sites for hydroxylation is 1. The van der Waals surface area contributed by atoms with Gasteiger partial charge in [0.25, 0.3) is 0 Å². The summed E-state index contributed by atoms with van der Waals surface area (Å²) in [6, 6.07) is 13.9. The predicted octanol–water partition coefficient (Wildman–Crippen LogP) is 2.83. The van der Waals surface area contributed by atoms with Crippen molar-refractivity contribution >= 4 is 0 Å². The normalized spacial score (nSPS) is 13.8. The van der Waals surface area contributed by atoms with Crippen LogP contribution in [0.2, 0.25) is 0 Å². The average Bonchev–Trinajstić information content (AvgIpc) is 3.18. The zero-order chi connectivity index (χ0) is 17.0. The second kappa shape index (κ2) is 7.03. The van der Waals surface area contributed by atoms with Crippen molar-refractivity contribution in [2.75, 3.05) is 6.54 Å². The van der Waals surface area contributed by atoms with Crippen LogP contribution in [0.1, 0.15) is 29.6 Å². The monoisotopic (exact) mass is 325 g/mol. The molecule has 24 heavy (non-hydrogen) atoms. The van der Waals surface area contributed by atoms with Crippen LogP contribution in [-0.2, 0) is 18.7 Å². The van der Waals surface area contributed by atoms with Crippen molar-refractivity contribution in [1.29, 1.82) is 0 Å². The zero-order valence-electron chi connectivity index (χ0n) is 14.1. The molecule has 0 radical (unpaired) electrons. The molecule has 0 spiro atoms. The second-order valence-electron chi connectivity index (χ2n) is 6.32. The summed E-state index contributed by atoms with van der Waals surface area (Å²) in [6.07, 6.45) is 3.87. The van der Waals surface area contributed by atoms with Crippen molar-refractivity contribution in [2.45, 2.75) is 32.5 Å². The van der Waals surface area contributed by atoms with E-state index < -0.39 is 5.60 Å². The summed E-state index contributed by atoms with van der Waals surface area (Å²) >= 11 is 0. The van der Waals surface area contributed by atoms with E-state index in [1.807, 2.05) is 54.3 Å². The summed E-state index contributed by atoms with van der Waals surface area (Å²) in [5, 5.41) is 18.1. The SMILES string of the molecule is Cc1ccc(C(C)(O)CNCc2cnn(Cc3ccccc3)c2)o1. The van der Waals surface area contributed by atoms with Crippen LogP contribution in [0.4, 0.5) is 0 Å². The lowest BCUT2D eigenvalue weighted by Gasteiger charge is -2.21. The minimum atomic E-state index is -1.03. The Morgan fingerprint density at radius 2 is 1.96 bits per heavy atom. The number of nitrogens with zero attached hydrogens (tertiary/aromatic N) is 2. The molecule has 0 saturated heterocycles. The van der Waals surface area contributed by atoms with E-state index in [9.17, 15) is 5.11 Å². The van der Waals surface area contributed by atoms with E-state index in [0.717, 1.165) is 17.9 Å². The Bertz CT molecular complexity index is 775. The first-order valence-corrected chi connectivity index (χ1v) is 8.08. The number of furan rings is 1. The van der Waals surface area contributed by atoms with Gasteiger partial charge in [0.15, 0.2) is 0 Å². The van der Waals surface area contributed by atoms with Gasteiger partial charge in [-0.25, -0.2) is 0 Å². The Hall–Kier alpha value is -2.37. The summed E-state index contributed by atoms with van der Waals surface area (Å²) in [6.45, 7) is 5.42. The van der Waals surface area contributed by atoms with Gasteiger partial charge in [-0.15, -0.1) is 0 Å². The molecule has 3 rings (SSSR count). The molecule has 2 aromatic heterocycles. The van der Waals surface area contributed by atoms with E-state index >= 15 is 0 Å². The molecule has 0 amide bonds. The first-order chi connectivity index (χ1) is 11.5. The summed E-state index contributed by atoms with van der Waals surface area (Å²) in [4.78, 5) is 0. The van der Waals surface area contributed by atoms with Crippen molar-refractivity contribution in [3.63, 3.8) is 0 Å². The molecule has 1 aromatic carbocycles. The Morgan fingerprint density at radius 1 is 1.17 bits per heavy atom. The number of aromatic nitrogens is 2. The fourth-order valence-electron chi connectivity index (χ4n) is 2.62. The lowest BCUT2D eigenvalue weighted by atomic mass is 10.0. The summed E-state index contributed by atoms with van der Waals surface area (Å²) in [5.74, 6) is 1.37. The molecule has 5 nitrogen and oxygen atoms in total. The maximum Gasteiger partial charge on any atom is 0.136 e. The molecule has 0 saturated carbocycles. The van der Waals surface area contributed by atoms with Crippen molar-refractivity contribution < 1.29 is 9.52 Å². The molecule has 2 N–H and O–H groups in total. The van der Waals surface area contributed by atoms with Crippen LogP contribution in [0.25, 0.3) is 0 Å². The lowest BCUT2D eigenvalue weighted by molar-refractivity contribution is 0.0333. The van der Waals surface area contributed by atoms with Gasteiger partial charge in [0.2, 0.25) is 0 Å². The molecule has 0 bridgehead atoms. The van der Waals surface area contributed by atoms with Crippen LogP contribution in [0.3, 0.4) is 0 Å². The number of rotatable bonds is 7. The highest BCUT2D eigenvalue weighted by Gasteiger charge is 2.26. The van der Waals surface area contributed by atoms with E-state index in [4.69, 9.17) is 4.42 Å². The van der Waals surface area contributed by atoms with Crippen LogP contribution in [0.15, 0.2) is 59.3 Å². The highest BCUT2D eigenvalue weighted by molar-refractivity contribution is 5.16. The van der Waals surface area contributed by atoms with E-state index in [0.29, 0.717) is 18.8 Å². The van der Waals surface area contributed by atoms with Crippen molar-refractivity contribution in [2.24, 2.45) is 0 Å². The molecule has 1 atom stereocenters. The second-order valence-corrected chi connectivity index (χ2v) is 6.32. The first-order valence-electron chi connectivity index (χ1n) is 8.08. The zero-order valence-corrected chi connectivity index (χ0v) is 14.1. The third-order valence-electron chi connectivity index (χ3n) is 3.94. The average molecular weight is 325 g/mol. The van der Waals surface area contributed by atoms with Gasteiger partial charge in [0.05, 0.1) is 12.7 Å². The fraction of sp³-hybridized carbons (Fsp3) is 0.316. The number of hydrogen-bond acceptors (Lipinski definition) is 4. The Morgan fingerprint density at radius 3 is 2.67 bits per heavy atom. The Balaban J connectivity index is 1.52. The quantitative estimate of drug-likeness (QED) is 0.701. The van der Waals surface area contributed by atoms with Crippen LogP contribution >= 0.6 is 0 Å². The van der Waals surface area contributed by atoms with E-state index in [1.54, 1.807) is 6.92 Å². The van der Waals surface area contributed by atoms with Gasteiger partial charge in [-0.1, -0.05) is 30.3 Å². The van der Waals surface area contributed by atoms with Gasteiger partial charge < -0.3 is 14.8 Å². The molecule has 126 valence electrons. The van der Waals surface area contributed by atoms with Gasteiger partial charge in [-0.2, -0.15) is 5.10 Å². The van der Waals surface area contributed by atoms with Gasteiger partial charge >= 0.3 is 0 Å². The van der Waals surface area contributed by atoms with Gasteiger partial charge in [0.1, 0.15) is 17.1 Å². The number of nitrogens with one attached hydrogen (secondary N) is 1. The minimum absolute atomic E-state index is 0.407. The van der Waals surface area contributed by atoms with E-state index in [1.165, 1.54) is 5.56 Å². The summed E-state index contributed by atoms with van der Waals surface area (Å²) in [7, 11) is 0. The number of hydrogen-bond donors (Lipinski definition) is 2. The Labute approximate surface area is 141 Å². The van der Waals surface area contributed by atoms with Crippen LogP contribution in [-0.4, -0.2) is 21.4 Å². The molecule has 0 aliphatic carbocycles. The number of benzene rings is 1. The molecule has 5 heteroatoms. The topological polar surface area (TPSA) is 63.2 Å².